The maximum absolute atomic E-state index is 5.83. The molecule has 2 aromatic rings. The molecule has 0 saturated carbocycles. The zero-order valence-corrected chi connectivity index (χ0v) is 12.2. The number of aromatic nitrogens is 3. The van der Waals surface area contributed by atoms with Crippen molar-refractivity contribution in [3.8, 4) is 11.3 Å². The Hall–Kier alpha value is -1.88. The molecule has 4 heterocycles. The lowest BCUT2D eigenvalue weighted by molar-refractivity contribution is 0.174. The number of fused-ring (bicyclic) bond motifs is 1. The maximum Gasteiger partial charge on any atom is 0.123 e. The summed E-state index contributed by atoms with van der Waals surface area (Å²) in [6.45, 7) is 2.47. The molecule has 2 unspecified atom stereocenters. The fraction of sp³-hybridized carbons (Fsp3) is 0.500. The molecule has 2 aliphatic rings. The van der Waals surface area contributed by atoms with E-state index in [9.17, 15) is 0 Å². The molecule has 2 N–H and O–H groups in total. The van der Waals surface area contributed by atoms with Crippen LogP contribution in [0.4, 0.5) is 5.82 Å². The summed E-state index contributed by atoms with van der Waals surface area (Å²) < 4.78 is 2.35. The first-order valence-corrected chi connectivity index (χ1v) is 7.81. The van der Waals surface area contributed by atoms with E-state index in [1.807, 2.05) is 24.7 Å². The monoisotopic (exact) mass is 283 g/mol. The number of hydrogen-bond acceptors (Lipinski definition) is 4. The maximum atomic E-state index is 5.83. The molecule has 0 aliphatic carbocycles. The first kappa shape index (κ1) is 12.8. The Labute approximate surface area is 124 Å². The van der Waals surface area contributed by atoms with E-state index in [-0.39, 0.29) is 0 Å². The van der Waals surface area contributed by atoms with Crippen molar-refractivity contribution in [1.82, 2.24) is 19.4 Å². The molecule has 4 rings (SSSR count). The van der Waals surface area contributed by atoms with Gasteiger partial charge in [0.15, 0.2) is 0 Å². The molecule has 5 heteroatoms. The van der Waals surface area contributed by atoms with E-state index in [2.05, 4.69) is 19.4 Å². The second-order valence-corrected chi connectivity index (χ2v) is 6.11. The molecule has 0 bridgehead atoms. The number of piperidine rings is 1. The van der Waals surface area contributed by atoms with Crippen molar-refractivity contribution < 1.29 is 0 Å². The first-order valence-electron chi connectivity index (χ1n) is 7.81. The summed E-state index contributed by atoms with van der Waals surface area (Å²) in [4.78, 5) is 11.1. The predicted molar refractivity (Wildman–Crippen MR) is 82.7 cm³/mol. The number of pyridine rings is 1. The van der Waals surface area contributed by atoms with Crippen molar-refractivity contribution in [2.75, 3.05) is 18.8 Å². The number of anilines is 1. The van der Waals surface area contributed by atoms with E-state index in [0.29, 0.717) is 17.9 Å². The SMILES string of the molecule is Nc1cc(-c2cncn2C2CCN3CCCCC23)ccn1. The molecule has 110 valence electrons. The van der Waals surface area contributed by atoms with Gasteiger partial charge in [0.1, 0.15) is 5.82 Å². The minimum atomic E-state index is 0.539. The van der Waals surface area contributed by atoms with Gasteiger partial charge in [-0.2, -0.15) is 0 Å². The molecular weight excluding hydrogens is 262 g/mol. The van der Waals surface area contributed by atoms with Gasteiger partial charge in [-0.25, -0.2) is 9.97 Å². The molecule has 2 aliphatic heterocycles. The van der Waals surface area contributed by atoms with Crippen LogP contribution in [0.2, 0.25) is 0 Å². The van der Waals surface area contributed by atoms with Crippen LogP contribution in [-0.4, -0.2) is 38.6 Å². The molecule has 0 aromatic carbocycles. The van der Waals surface area contributed by atoms with Crippen LogP contribution in [0.15, 0.2) is 30.9 Å². The Morgan fingerprint density at radius 2 is 2.10 bits per heavy atom. The minimum absolute atomic E-state index is 0.539. The van der Waals surface area contributed by atoms with Crippen molar-refractivity contribution in [3.63, 3.8) is 0 Å². The lowest BCUT2D eigenvalue weighted by Gasteiger charge is -2.33. The minimum Gasteiger partial charge on any atom is -0.384 e. The third-order valence-corrected chi connectivity index (χ3v) is 4.92. The second-order valence-electron chi connectivity index (χ2n) is 6.11. The first-order chi connectivity index (χ1) is 10.3. The largest absolute Gasteiger partial charge is 0.384 e. The van der Waals surface area contributed by atoms with Gasteiger partial charge < -0.3 is 10.3 Å². The Morgan fingerprint density at radius 1 is 1.14 bits per heavy atom. The highest BCUT2D eigenvalue weighted by Gasteiger charge is 2.37. The number of rotatable bonds is 2. The van der Waals surface area contributed by atoms with Gasteiger partial charge in [0, 0.05) is 24.3 Å². The van der Waals surface area contributed by atoms with Gasteiger partial charge in [-0.15, -0.1) is 0 Å². The van der Waals surface area contributed by atoms with Gasteiger partial charge in [-0.05, 0) is 37.9 Å². The summed E-state index contributed by atoms with van der Waals surface area (Å²) in [5.74, 6) is 0.561. The smallest absolute Gasteiger partial charge is 0.123 e. The van der Waals surface area contributed by atoms with Crippen molar-refractivity contribution in [2.24, 2.45) is 0 Å². The third kappa shape index (κ3) is 2.21. The van der Waals surface area contributed by atoms with E-state index in [4.69, 9.17) is 5.73 Å². The third-order valence-electron chi connectivity index (χ3n) is 4.92. The highest BCUT2D eigenvalue weighted by Crippen LogP contribution is 2.37. The zero-order chi connectivity index (χ0) is 14.2. The molecule has 0 amide bonds. The quantitative estimate of drug-likeness (QED) is 0.919. The van der Waals surface area contributed by atoms with Gasteiger partial charge in [-0.1, -0.05) is 6.42 Å². The van der Waals surface area contributed by atoms with Crippen molar-refractivity contribution in [1.29, 1.82) is 0 Å². The van der Waals surface area contributed by atoms with E-state index in [0.717, 1.165) is 11.3 Å². The van der Waals surface area contributed by atoms with Crippen molar-refractivity contribution in [2.45, 2.75) is 37.8 Å². The lowest BCUT2D eigenvalue weighted by Crippen LogP contribution is -2.37. The highest BCUT2D eigenvalue weighted by atomic mass is 15.2. The number of nitrogens with zero attached hydrogens (tertiary/aromatic N) is 4. The Bertz CT molecular complexity index is 635. The van der Waals surface area contributed by atoms with Crippen LogP contribution < -0.4 is 5.73 Å². The summed E-state index contributed by atoms with van der Waals surface area (Å²) in [5.41, 5.74) is 8.09. The van der Waals surface area contributed by atoms with E-state index >= 15 is 0 Å². The van der Waals surface area contributed by atoms with E-state index in [1.165, 1.54) is 38.8 Å². The summed E-state index contributed by atoms with van der Waals surface area (Å²) in [7, 11) is 0. The highest BCUT2D eigenvalue weighted by molar-refractivity contribution is 5.62. The van der Waals surface area contributed by atoms with Crippen LogP contribution in [-0.2, 0) is 0 Å². The van der Waals surface area contributed by atoms with E-state index < -0.39 is 0 Å². The summed E-state index contributed by atoms with van der Waals surface area (Å²) >= 11 is 0. The van der Waals surface area contributed by atoms with Crippen LogP contribution in [0.3, 0.4) is 0 Å². The number of imidazole rings is 1. The summed E-state index contributed by atoms with van der Waals surface area (Å²) in [5, 5.41) is 0. The molecule has 21 heavy (non-hydrogen) atoms. The molecule has 2 saturated heterocycles. The van der Waals surface area contributed by atoms with Crippen LogP contribution in [0.5, 0.6) is 0 Å². The average Bonchev–Trinajstić information content (AvgIpc) is 3.13. The molecular formula is C16H21N5. The van der Waals surface area contributed by atoms with Crippen LogP contribution in [0.1, 0.15) is 31.7 Å². The Balaban J connectivity index is 1.69. The standard InChI is InChI=1S/C16H21N5/c17-16-9-12(4-6-19-16)15-10-18-11-21(15)14-5-8-20-7-2-1-3-13(14)20/h4,6,9-11,13-14H,1-3,5,7-8H2,(H2,17,19). The fourth-order valence-electron chi connectivity index (χ4n) is 3.95. The Morgan fingerprint density at radius 3 is 3.00 bits per heavy atom. The average molecular weight is 283 g/mol. The summed E-state index contributed by atoms with van der Waals surface area (Å²) in [6, 6.07) is 5.15. The number of nitrogens with two attached hydrogens (primary N) is 1. The van der Waals surface area contributed by atoms with Gasteiger partial charge in [0.2, 0.25) is 0 Å². The molecule has 0 spiro atoms. The summed E-state index contributed by atoms with van der Waals surface area (Å²) in [6.07, 6.45) is 10.9. The number of hydrogen-bond donors (Lipinski definition) is 1. The molecule has 0 radical (unpaired) electrons. The van der Waals surface area contributed by atoms with Gasteiger partial charge >= 0.3 is 0 Å². The van der Waals surface area contributed by atoms with Gasteiger partial charge in [-0.3, -0.25) is 4.90 Å². The predicted octanol–water partition coefficient (Wildman–Crippen LogP) is 2.33. The molecule has 2 atom stereocenters. The van der Waals surface area contributed by atoms with Crippen LogP contribution >= 0.6 is 0 Å². The molecule has 2 aromatic heterocycles. The van der Waals surface area contributed by atoms with E-state index in [1.54, 1.807) is 6.20 Å². The zero-order valence-electron chi connectivity index (χ0n) is 12.2. The van der Waals surface area contributed by atoms with Crippen LogP contribution in [0.25, 0.3) is 11.3 Å². The van der Waals surface area contributed by atoms with Crippen molar-refractivity contribution >= 4 is 5.82 Å². The second kappa shape index (κ2) is 5.15. The van der Waals surface area contributed by atoms with Crippen LogP contribution in [0, 0.1) is 0 Å². The van der Waals surface area contributed by atoms with Gasteiger partial charge in [0.25, 0.3) is 0 Å². The topological polar surface area (TPSA) is 60.0 Å². The lowest BCUT2D eigenvalue weighted by atomic mass is 9.98. The van der Waals surface area contributed by atoms with Gasteiger partial charge in [0.05, 0.1) is 24.3 Å². The normalized spacial score (nSPS) is 25.9. The van der Waals surface area contributed by atoms with Crippen molar-refractivity contribution in [3.05, 3.63) is 30.9 Å². The number of nitrogen functional groups attached to an aromatic ring is 1. The fourth-order valence-corrected chi connectivity index (χ4v) is 3.95. The molecule has 5 nitrogen and oxygen atoms in total. The Kier molecular flexibility index (Phi) is 3.15. The molecule has 2 fully saturated rings.